The highest BCUT2D eigenvalue weighted by atomic mass is 16.6. The summed E-state index contributed by atoms with van der Waals surface area (Å²) in [5.41, 5.74) is 0. The molecule has 0 aliphatic rings. The van der Waals surface area contributed by atoms with Crippen molar-refractivity contribution in [3.05, 3.63) is 122 Å². The number of rotatable bonds is 45. The average molecular weight is 899 g/mol. The standard InChI is InChI=1S/C59H94O6/c1-4-7-10-13-16-19-22-25-27-28-29-30-32-34-37-40-43-46-49-52-58(61)64-55-56(54-63-57(60)51-48-45-42-39-36-33-24-21-18-15-12-9-6-3)65-59(62)53-50-47-44-41-38-35-31-26-23-20-17-14-11-8-5-2/h7,10,13,16,19-20,22-23,25,27-30,32-34,36-37,42,45,56H,4-6,8-9,11-12,14-15,17-18,21,24,26,31,35,38-41,43-44,46-55H2,1-3H3/b10-7-,16-13-,22-19-,23-20-,27-25-,29-28+,32-30-,36-33-,37-34-,45-42-. The monoisotopic (exact) mass is 899 g/mol. The molecule has 1 atom stereocenters. The van der Waals surface area contributed by atoms with E-state index in [1.165, 1.54) is 103 Å². The van der Waals surface area contributed by atoms with Crippen molar-refractivity contribution < 1.29 is 28.6 Å². The molecule has 0 fully saturated rings. The maximum absolute atomic E-state index is 12.8. The van der Waals surface area contributed by atoms with Gasteiger partial charge in [0, 0.05) is 19.3 Å². The van der Waals surface area contributed by atoms with Gasteiger partial charge in [-0.15, -0.1) is 0 Å². The van der Waals surface area contributed by atoms with Crippen LogP contribution >= 0.6 is 0 Å². The van der Waals surface area contributed by atoms with E-state index in [-0.39, 0.29) is 37.5 Å². The minimum Gasteiger partial charge on any atom is -0.462 e. The first-order valence-electron chi connectivity index (χ1n) is 26.1. The lowest BCUT2D eigenvalue weighted by molar-refractivity contribution is -0.166. The molecule has 366 valence electrons. The number of hydrogen-bond acceptors (Lipinski definition) is 6. The van der Waals surface area contributed by atoms with E-state index >= 15 is 0 Å². The van der Waals surface area contributed by atoms with Crippen molar-refractivity contribution >= 4 is 17.9 Å². The van der Waals surface area contributed by atoms with E-state index < -0.39 is 6.10 Å². The fraction of sp³-hybridized carbons (Fsp3) is 0.610. The topological polar surface area (TPSA) is 78.9 Å². The number of ether oxygens (including phenoxy) is 3. The van der Waals surface area contributed by atoms with Crippen molar-refractivity contribution in [2.45, 2.75) is 219 Å². The highest BCUT2D eigenvalue weighted by molar-refractivity contribution is 5.71. The molecule has 0 rings (SSSR count). The van der Waals surface area contributed by atoms with Gasteiger partial charge in [-0.3, -0.25) is 14.4 Å². The van der Waals surface area contributed by atoms with E-state index in [1.54, 1.807) is 0 Å². The van der Waals surface area contributed by atoms with Crippen molar-refractivity contribution in [3.8, 4) is 0 Å². The smallest absolute Gasteiger partial charge is 0.306 e. The molecule has 0 saturated carbocycles. The van der Waals surface area contributed by atoms with Gasteiger partial charge in [0.2, 0.25) is 0 Å². The van der Waals surface area contributed by atoms with Crippen molar-refractivity contribution in [2.75, 3.05) is 13.2 Å². The molecule has 0 aromatic rings. The summed E-state index contributed by atoms with van der Waals surface area (Å²) in [4.78, 5) is 38.0. The van der Waals surface area contributed by atoms with E-state index in [0.717, 1.165) is 64.2 Å². The summed E-state index contributed by atoms with van der Waals surface area (Å²) in [5.74, 6) is -1.04. The van der Waals surface area contributed by atoms with Crippen molar-refractivity contribution in [3.63, 3.8) is 0 Å². The van der Waals surface area contributed by atoms with Crippen LogP contribution in [0.4, 0.5) is 0 Å². The van der Waals surface area contributed by atoms with Crippen LogP contribution in [0, 0.1) is 0 Å². The number of allylic oxidation sites excluding steroid dienone is 20. The van der Waals surface area contributed by atoms with Crippen molar-refractivity contribution in [1.82, 2.24) is 0 Å². The summed E-state index contributed by atoms with van der Waals surface area (Å²) in [6.07, 6.45) is 71.9. The molecule has 0 heterocycles. The minimum atomic E-state index is -0.825. The Balaban J connectivity index is 4.57. The Hall–Kier alpha value is -4.19. The van der Waals surface area contributed by atoms with Crippen LogP contribution < -0.4 is 0 Å². The molecule has 0 saturated heterocycles. The molecule has 1 unspecified atom stereocenters. The Morgan fingerprint density at radius 2 is 0.692 bits per heavy atom. The van der Waals surface area contributed by atoms with Crippen LogP contribution in [0.5, 0.6) is 0 Å². The van der Waals surface area contributed by atoms with E-state index in [2.05, 4.69) is 63.3 Å². The molecule has 0 bridgehead atoms. The highest BCUT2D eigenvalue weighted by Crippen LogP contribution is 2.13. The van der Waals surface area contributed by atoms with Crippen LogP contribution in [0.15, 0.2) is 122 Å². The Kier molecular flexibility index (Phi) is 49.1. The normalized spacial score (nSPS) is 13.1. The zero-order chi connectivity index (χ0) is 47.2. The molecule has 0 spiro atoms. The van der Waals surface area contributed by atoms with Gasteiger partial charge < -0.3 is 14.2 Å². The molecule has 6 nitrogen and oxygen atoms in total. The van der Waals surface area contributed by atoms with Gasteiger partial charge >= 0.3 is 17.9 Å². The largest absolute Gasteiger partial charge is 0.462 e. The van der Waals surface area contributed by atoms with Crippen molar-refractivity contribution in [2.24, 2.45) is 0 Å². The number of hydrogen-bond donors (Lipinski definition) is 0. The molecule has 0 amide bonds. The predicted molar refractivity (Wildman–Crippen MR) is 279 cm³/mol. The lowest BCUT2D eigenvalue weighted by Crippen LogP contribution is -2.30. The van der Waals surface area contributed by atoms with Gasteiger partial charge in [0.05, 0.1) is 0 Å². The van der Waals surface area contributed by atoms with E-state index in [4.69, 9.17) is 14.2 Å². The molecular formula is C59H94O6. The predicted octanol–water partition coefficient (Wildman–Crippen LogP) is 17.3. The third-order valence-corrected chi connectivity index (χ3v) is 10.6. The first-order valence-corrected chi connectivity index (χ1v) is 26.1. The second-order valence-electron chi connectivity index (χ2n) is 16.9. The van der Waals surface area contributed by atoms with E-state index in [0.29, 0.717) is 19.3 Å². The van der Waals surface area contributed by atoms with Crippen molar-refractivity contribution in [1.29, 1.82) is 0 Å². The lowest BCUT2D eigenvalue weighted by atomic mass is 10.1. The number of carbonyl (C=O) groups excluding carboxylic acids is 3. The van der Waals surface area contributed by atoms with Gasteiger partial charge in [0.1, 0.15) is 13.2 Å². The van der Waals surface area contributed by atoms with E-state index in [9.17, 15) is 14.4 Å². The van der Waals surface area contributed by atoms with Gasteiger partial charge in [-0.2, -0.15) is 0 Å². The Bertz CT molecular complexity index is 1400. The van der Waals surface area contributed by atoms with Crippen LogP contribution in [-0.2, 0) is 28.6 Å². The average Bonchev–Trinajstić information content (AvgIpc) is 3.30. The fourth-order valence-corrected chi connectivity index (χ4v) is 6.71. The summed E-state index contributed by atoms with van der Waals surface area (Å²) in [6, 6.07) is 0. The first kappa shape index (κ1) is 60.8. The molecule has 6 heteroatoms. The molecule has 0 radical (unpaired) electrons. The van der Waals surface area contributed by atoms with Gasteiger partial charge in [-0.25, -0.2) is 0 Å². The minimum absolute atomic E-state index is 0.124. The zero-order valence-corrected chi connectivity index (χ0v) is 41.7. The SMILES string of the molecule is CC\C=C/C=C\C=C/C=C\C=C\C=C/C=C\CCCCCC(=O)OCC(COC(=O)CC/C=C\C/C=C\CCCCCCCC)OC(=O)CCCCCCCCC/C=C\CCCCCC. The zero-order valence-electron chi connectivity index (χ0n) is 41.7. The van der Waals surface area contributed by atoms with Crippen LogP contribution in [0.3, 0.4) is 0 Å². The number of unbranched alkanes of at least 4 members (excludes halogenated alkanes) is 20. The molecule has 0 aromatic heterocycles. The second-order valence-corrected chi connectivity index (χ2v) is 16.9. The van der Waals surface area contributed by atoms with Crippen LogP contribution in [-0.4, -0.2) is 37.2 Å². The van der Waals surface area contributed by atoms with Gasteiger partial charge in [-0.1, -0.05) is 232 Å². The quantitative estimate of drug-likeness (QED) is 0.0199. The lowest BCUT2D eigenvalue weighted by Gasteiger charge is -2.18. The Labute approximate surface area is 399 Å². The Morgan fingerprint density at radius 1 is 0.338 bits per heavy atom. The third kappa shape index (κ3) is 50.7. The van der Waals surface area contributed by atoms with Crippen LogP contribution in [0.25, 0.3) is 0 Å². The summed E-state index contributed by atoms with van der Waals surface area (Å²) in [5, 5.41) is 0. The molecule has 65 heavy (non-hydrogen) atoms. The first-order chi connectivity index (χ1) is 32.0. The summed E-state index contributed by atoms with van der Waals surface area (Å²) >= 11 is 0. The number of carbonyl (C=O) groups is 3. The molecular weight excluding hydrogens is 805 g/mol. The van der Waals surface area contributed by atoms with Gasteiger partial charge in [0.15, 0.2) is 6.10 Å². The van der Waals surface area contributed by atoms with E-state index in [1.807, 2.05) is 79.0 Å². The maximum atomic E-state index is 12.8. The molecule has 0 N–H and O–H groups in total. The Morgan fingerprint density at radius 3 is 1.20 bits per heavy atom. The number of esters is 3. The highest BCUT2D eigenvalue weighted by Gasteiger charge is 2.19. The summed E-state index contributed by atoms with van der Waals surface area (Å²) in [6.45, 7) is 6.36. The van der Waals surface area contributed by atoms with Crippen LogP contribution in [0.1, 0.15) is 213 Å². The van der Waals surface area contributed by atoms with Gasteiger partial charge in [0.25, 0.3) is 0 Å². The molecule has 0 aliphatic carbocycles. The van der Waals surface area contributed by atoms with Crippen LogP contribution in [0.2, 0.25) is 0 Å². The maximum Gasteiger partial charge on any atom is 0.306 e. The third-order valence-electron chi connectivity index (χ3n) is 10.6. The van der Waals surface area contributed by atoms with Gasteiger partial charge in [-0.05, 0) is 83.5 Å². The molecule has 0 aliphatic heterocycles. The second kappa shape index (κ2) is 52.4. The summed E-state index contributed by atoms with van der Waals surface area (Å²) < 4.78 is 16.7. The summed E-state index contributed by atoms with van der Waals surface area (Å²) in [7, 11) is 0. The molecule has 0 aromatic carbocycles. The fourth-order valence-electron chi connectivity index (χ4n) is 6.71.